The summed E-state index contributed by atoms with van der Waals surface area (Å²) < 4.78 is 6.54. The molecule has 0 bridgehead atoms. The van der Waals surface area contributed by atoms with Crippen molar-refractivity contribution in [3.8, 4) is 11.4 Å². The standard InChI is InChI=1S/C16H16N2O3S/c1-4-21-12-7-5-11(6-8-12)18-15(19)13-9(2)10(3)22-14(13)17-16(18)20/h5-8H,4H2,1-3H3,(H,17,20). The molecule has 0 fully saturated rings. The lowest BCUT2D eigenvalue weighted by molar-refractivity contribution is 0.340. The number of ether oxygens (including phenoxy) is 1. The first-order valence-corrected chi connectivity index (χ1v) is 7.83. The molecular formula is C16H16N2O3S. The molecule has 0 atom stereocenters. The highest BCUT2D eigenvalue weighted by molar-refractivity contribution is 7.18. The maximum absolute atomic E-state index is 12.7. The molecule has 114 valence electrons. The molecule has 1 aromatic carbocycles. The molecule has 1 N–H and O–H groups in total. The second kappa shape index (κ2) is 5.46. The first-order chi connectivity index (χ1) is 10.5. The fraction of sp³-hybridized carbons (Fsp3) is 0.250. The van der Waals surface area contributed by atoms with Crippen molar-refractivity contribution in [2.24, 2.45) is 0 Å². The molecule has 0 aliphatic carbocycles. The molecule has 3 rings (SSSR count). The van der Waals surface area contributed by atoms with E-state index < -0.39 is 5.69 Å². The number of hydrogen-bond acceptors (Lipinski definition) is 4. The maximum atomic E-state index is 12.7. The van der Waals surface area contributed by atoms with Crippen molar-refractivity contribution >= 4 is 21.6 Å². The third-order valence-electron chi connectivity index (χ3n) is 3.63. The molecule has 3 aromatic rings. The van der Waals surface area contributed by atoms with Gasteiger partial charge in [-0.05, 0) is 50.6 Å². The maximum Gasteiger partial charge on any atom is 0.334 e. The fourth-order valence-corrected chi connectivity index (χ4v) is 3.46. The van der Waals surface area contributed by atoms with E-state index in [4.69, 9.17) is 4.74 Å². The van der Waals surface area contributed by atoms with Crippen molar-refractivity contribution in [3.05, 3.63) is 55.5 Å². The SMILES string of the molecule is CCOc1ccc(-n2c(=O)[nH]c3sc(C)c(C)c3c2=O)cc1. The number of nitrogens with one attached hydrogen (secondary N) is 1. The Morgan fingerprint density at radius 1 is 1.18 bits per heavy atom. The Bertz CT molecular complexity index is 948. The predicted octanol–water partition coefficient (Wildman–Crippen LogP) is 2.76. The lowest BCUT2D eigenvalue weighted by Crippen LogP contribution is -2.33. The van der Waals surface area contributed by atoms with Crippen LogP contribution in [0, 0.1) is 13.8 Å². The van der Waals surface area contributed by atoms with E-state index in [1.807, 2.05) is 20.8 Å². The number of rotatable bonds is 3. The topological polar surface area (TPSA) is 64.1 Å². The number of benzene rings is 1. The van der Waals surface area contributed by atoms with Crippen LogP contribution in [0.5, 0.6) is 5.75 Å². The zero-order valence-corrected chi connectivity index (χ0v) is 13.4. The Hall–Kier alpha value is -2.34. The molecule has 2 heterocycles. The minimum atomic E-state index is -0.428. The van der Waals surface area contributed by atoms with Crippen LogP contribution in [0.15, 0.2) is 33.9 Å². The van der Waals surface area contributed by atoms with Gasteiger partial charge >= 0.3 is 5.69 Å². The molecule has 22 heavy (non-hydrogen) atoms. The lowest BCUT2D eigenvalue weighted by atomic mass is 10.2. The fourth-order valence-electron chi connectivity index (χ4n) is 2.42. The number of aromatic nitrogens is 2. The zero-order chi connectivity index (χ0) is 15.9. The molecule has 0 saturated heterocycles. The highest BCUT2D eigenvalue weighted by atomic mass is 32.1. The van der Waals surface area contributed by atoms with E-state index in [1.165, 1.54) is 11.3 Å². The van der Waals surface area contributed by atoms with E-state index in [-0.39, 0.29) is 5.56 Å². The lowest BCUT2D eigenvalue weighted by Gasteiger charge is -2.07. The minimum Gasteiger partial charge on any atom is -0.494 e. The summed E-state index contributed by atoms with van der Waals surface area (Å²) in [4.78, 5) is 29.4. The van der Waals surface area contributed by atoms with Gasteiger partial charge < -0.3 is 4.74 Å². The number of nitrogens with zero attached hydrogens (tertiary/aromatic N) is 1. The smallest absolute Gasteiger partial charge is 0.334 e. The van der Waals surface area contributed by atoms with Gasteiger partial charge in [-0.15, -0.1) is 11.3 Å². The first-order valence-electron chi connectivity index (χ1n) is 7.01. The van der Waals surface area contributed by atoms with Crippen molar-refractivity contribution in [2.45, 2.75) is 20.8 Å². The average Bonchev–Trinajstić information content (AvgIpc) is 2.76. The largest absolute Gasteiger partial charge is 0.494 e. The second-order valence-corrected chi connectivity index (χ2v) is 6.21. The van der Waals surface area contributed by atoms with Crippen LogP contribution >= 0.6 is 11.3 Å². The summed E-state index contributed by atoms with van der Waals surface area (Å²) in [5.41, 5.74) is 0.730. The quantitative estimate of drug-likeness (QED) is 0.808. The molecule has 2 aromatic heterocycles. The van der Waals surface area contributed by atoms with Crippen LogP contribution in [0.4, 0.5) is 0 Å². The predicted molar refractivity (Wildman–Crippen MR) is 88.7 cm³/mol. The van der Waals surface area contributed by atoms with Gasteiger partial charge in [0.1, 0.15) is 10.6 Å². The molecule has 0 amide bonds. The number of aryl methyl sites for hydroxylation is 2. The first kappa shape index (κ1) is 14.6. The van der Waals surface area contributed by atoms with Crippen LogP contribution in [-0.4, -0.2) is 16.2 Å². The monoisotopic (exact) mass is 316 g/mol. The van der Waals surface area contributed by atoms with Gasteiger partial charge in [-0.1, -0.05) is 0 Å². The second-order valence-electron chi connectivity index (χ2n) is 4.99. The van der Waals surface area contributed by atoms with E-state index in [9.17, 15) is 9.59 Å². The van der Waals surface area contributed by atoms with E-state index >= 15 is 0 Å². The molecule has 0 radical (unpaired) electrons. The van der Waals surface area contributed by atoms with Crippen molar-refractivity contribution in [1.82, 2.24) is 9.55 Å². The minimum absolute atomic E-state index is 0.287. The molecule has 0 spiro atoms. The van der Waals surface area contributed by atoms with Crippen molar-refractivity contribution in [2.75, 3.05) is 6.61 Å². The summed E-state index contributed by atoms with van der Waals surface area (Å²) in [5.74, 6) is 0.708. The summed E-state index contributed by atoms with van der Waals surface area (Å²) >= 11 is 1.43. The van der Waals surface area contributed by atoms with Crippen LogP contribution in [0.2, 0.25) is 0 Å². The Morgan fingerprint density at radius 3 is 2.50 bits per heavy atom. The number of hydrogen-bond donors (Lipinski definition) is 1. The van der Waals surface area contributed by atoms with Crippen LogP contribution in [0.25, 0.3) is 15.9 Å². The van der Waals surface area contributed by atoms with E-state index in [0.717, 1.165) is 15.0 Å². The Balaban J connectivity index is 2.24. The normalized spacial score (nSPS) is 11.0. The molecule has 0 aliphatic rings. The Morgan fingerprint density at radius 2 is 1.86 bits per heavy atom. The Labute approximate surface area is 130 Å². The summed E-state index contributed by atoms with van der Waals surface area (Å²) in [6, 6.07) is 6.92. The Kier molecular flexibility index (Phi) is 3.62. The highest BCUT2D eigenvalue weighted by Gasteiger charge is 2.15. The molecule has 5 nitrogen and oxygen atoms in total. The third-order valence-corrected chi connectivity index (χ3v) is 4.75. The molecule has 0 unspecified atom stereocenters. The van der Waals surface area contributed by atoms with Crippen molar-refractivity contribution in [3.63, 3.8) is 0 Å². The van der Waals surface area contributed by atoms with E-state index in [2.05, 4.69) is 4.98 Å². The van der Waals surface area contributed by atoms with Gasteiger partial charge in [0.25, 0.3) is 5.56 Å². The molecule has 0 saturated carbocycles. The van der Waals surface area contributed by atoms with Crippen molar-refractivity contribution < 1.29 is 4.74 Å². The van der Waals surface area contributed by atoms with Gasteiger partial charge in [-0.3, -0.25) is 9.78 Å². The van der Waals surface area contributed by atoms with E-state index in [0.29, 0.717) is 28.3 Å². The number of thiophene rings is 1. The van der Waals surface area contributed by atoms with Crippen LogP contribution in [0.3, 0.4) is 0 Å². The van der Waals surface area contributed by atoms with Crippen LogP contribution in [0.1, 0.15) is 17.4 Å². The van der Waals surface area contributed by atoms with Crippen LogP contribution < -0.4 is 16.0 Å². The highest BCUT2D eigenvalue weighted by Crippen LogP contribution is 2.25. The summed E-state index contributed by atoms with van der Waals surface area (Å²) in [6.45, 7) is 6.31. The van der Waals surface area contributed by atoms with E-state index in [1.54, 1.807) is 24.3 Å². The van der Waals surface area contributed by atoms with Gasteiger partial charge in [0.15, 0.2) is 0 Å². The zero-order valence-electron chi connectivity index (χ0n) is 12.6. The number of aromatic amines is 1. The van der Waals surface area contributed by atoms with Crippen LogP contribution in [-0.2, 0) is 0 Å². The molecule has 6 heteroatoms. The number of fused-ring (bicyclic) bond motifs is 1. The molecular weight excluding hydrogens is 300 g/mol. The average molecular weight is 316 g/mol. The van der Waals surface area contributed by atoms with Gasteiger partial charge in [-0.25, -0.2) is 9.36 Å². The summed E-state index contributed by atoms with van der Waals surface area (Å²) in [7, 11) is 0. The summed E-state index contributed by atoms with van der Waals surface area (Å²) in [5, 5.41) is 0.580. The van der Waals surface area contributed by atoms with Gasteiger partial charge in [-0.2, -0.15) is 0 Å². The third kappa shape index (κ3) is 2.25. The molecule has 0 aliphatic heterocycles. The van der Waals surface area contributed by atoms with Gasteiger partial charge in [0, 0.05) is 4.88 Å². The number of H-pyrrole nitrogens is 1. The summed E-state index contributed by atoms with van der Waals surface area (Å²) in [6.07, 6.45) is 0. The van der Waals surface area contributed by atoms with Gasteiger partial charge in [0.05, 0.1) is 17.7 Å². The van der Waals surface area contributed by atoms with Gasteiger partial charge in [0.2, 0.25) is 0 Å². The van der Waals surface area contributed by atoms with Crippen molar-refractivity contribution in [1.29, 1.82) is 0 Å².